The summed E-state index contributed by atoms with van der Waals surface area (Å²) in [6, 6.07) is 0.817. The second-order valence-electron chi connectivity index (χ2n) is 6.70. The Morgan fingerprint density at radius 3 is 2.37 bits per heavy atom. The van der Waals surface area contributed by atoms with Gasteiger partial charge >= 0.3 is 6.18 Å². The minimum atomic E-state index is -4.53. The van der Waals surface area contributed by atoms with Crippen molar-refractivity contribution in [3.05, 3.63) is 34.9 Å². The van der Waals surface area contributed by atoms with Gasteiger partial charge in [0, 0.05) is 64.1 Å². The molecule has 1 amide bonds. The van der Waals surface area contributed by atoms with E-state index in [9.17, 15) is 18.0 Å². The summed E-state index contributed by atoms with van der Waals surface area (Å²) in [5.41, 5.74) is 1.05. The Kier molecular flexibility index (Phi) is 5.27. The molecule has 7 nitrogen and oxygen atoms in total. The zero-order valence-corrected chi connectivity index (χ0v) is 15.6. The lowest BCUT2D eigenvalue weighted by Gasteiger charge is -2.34. The SMILES string of the molecule is CCn1cc(CN2CCN(C(=O)c3cc(C(F)(F)F)n(C)n3)CC2)c(C)n1. The van der Waals surface area contributed by atoms with Gasteiger partial charge in [-0.1, -0.05) is 0 Å². The Balaban J connectivity index is 1.60. The number of amides is 1. The van der Waals surface area contributed by atoms with Crippen LogP contribution in [0.3, 0.4) is 0 Å². The molecule has 27 heavy (non-hydrogen) atoms. The van der Waals surface area contributed by atoms with Crippen molar-refractivity contribution in [1.29, 1.82) is 0 Å². The third-order valence-electron chi connectivity index (χ3n) is 4.81. The van der Waals surface area contributed by atoms with Crippen LogP contribution in [-0.2, 0) is 26.3 Å². The van der Waals surface area contributed by atoms with E-state index in [4.69, 9.17) is 0 Å². The highest BCUT2D eigenvalue weighted by Crippen LogP contribution is 2.29. The second kappa shape index (κ2) is 7.34. The van der Waals surface area contributed by atoms with E-state index >= 15 is 0 Å². The van der Waals surface area contributed by atoms with Gasteiger partial charge in [-0.15, -0.1) is 0 Å². The first kappa shape index (κ1) is 19.4. The summed E-state index contributed by atoms with van der Waals surface area (Å²) >= 11 is 0. The topological polar surface area (TPSA) is 59.2 Å². The molecule has 3 heterocycles. The van der Waals surface area contributed by atoms with E-state index in [0.29, 0.717) is 30.9 Å². The van der Waals surface area contributed by atoms with E-state index in [1.54, 1.807) is 4.90 Å². The molecular weight excluding hydrogens is 361 g/mol. The number of alkyl halides is 3. The van der Waals surface area contributed by atoms with E-state index in [2.05, 4.69) is 15.1 Å². The predicted octanol–water partition coefficient (Wildman–Crippen LogP) is 1.92. The number of nitrogens with zero attached hydrogens (tertiary/aromatic N) is 6. The highest BCUT2D eigenvalue weighted by atomic mass is 19.4. The minimum absolute atomic E-state index is 0.168. The molecule has 3 rings (SSSR count). The number of carbonyl (C=O) groups is 1. The predicted molar refractivity (Wildman–Crippen MR) is 92.0 cm³/mol. The number of carbonyl (C=O) groups excluding carboxylic acids is 1. The van der Waals surface area contributed by atoms with Gasteiger partial charge in [0.1, 0.15) is 5.69 Å². The van der Waals surface area contributed by atoms with E-state index in [1.807, 2.05) is 24.7 Å². The fourth-order valence-electron chi connectivity index (χ4n) is 3.23. The zero-order valence-electron chi connectivity index (χ0n) is 15.6. The van der Waals surface area contributed by atoms with Gasteiger partial charge in [-0.3, -0.25) is 19.1 Å². The van der Waals surface area contributed by atoms with Gasteiger partial charge in [0.2, 0.25) is 0 Å². The van der Waals surface area contributed by atoms with Crippen LogP contribution in [0.25, 0.3) is 0 Å². The highest BCUT2D eigenvalue weighted by Gasteiger charge is 2.36. The quantitative estimate of drug-likeness (QED) is 0.808. The van der Waals surface area contributed by atoms with Crippen molar-refractivity contribution in [2.24, 2.45) is 7.05 Å². The molecule has 2 aromatic rings. The van der Waals surface area contributed by atoms with Crippen LogP contribution >= 0.6 is 0 Å². The maximum atomic E-state index is 12.9. The number of rotatable bonds is 4. The standard InChI is InChI=1S/C17H23F3N6O/c1-4-26-11-13(12(2)21-26)10-24-5-7-25(8-6-24)16(27)14-9-15(17(18,19)20)23(3)22-14/h9,11H,4-8,10H2,1-3H3. The highest BCUT2D eigenvalue weighted by molar-refractivity contribution is 5.92. The molecule has 2 aromatic heterocycles. The summed E-state index contributed by atoms with van der Waals surface area (Å²) < 4.78 is 41.3. The lowest BCUT2D eigenvalue weighted by molar-refractivity contribution is -0.143. The molecule has 1 aliphatic heterocycles. The smallest absolute Gasteiger partial charge is 0.335 e. The maximum Gasteiger partial charge on any atom is 0.433 e. The lowest BCUT2D eigenvalue weighted by Crippen LogP contribution is -2.48. The average Bonchev–Trinajstić information content (AvgIpc) is 3.18. The molecule has 0 aliphatic carbocycles. The summed E-state index contributed by atoms with van der Waals surface area (Å²) in [4.78, 5) is 16.3. The van der Waals surface area contributed by atoms with Gasteiger partial charge in [-0.25, -0.2) is 0 Å². The van der Waals surface area contributed by atoms with E-state index in [0.717, 1.165) is 30.4 Å². The van der Waals surface area contributed by atoms with Crippen LogP contribution in [0.1, 0.15) is 34.4 Å². The van der Waals surface area contributed by atoms with Gasteiger partial charge in [0.15, 0.2) is 5.69 Å². The van der Waals surface area contributed by atoms with Gasteiger partial charge < -0.3 is 4.90 Å². The van der Waals surface area contributed by atoms with Gasteiger partial charge in [0.25, 0.3) is 5.91 Å². The molecule has 0 unspecified atom stereocenters. The Labute approximate surface area is 155 Å². The molecule has 0 aromatic carbocycles. The van der Waals surface area contributed by atoms with Crippen LogP contribution in [0.4, 0.5) is 13.2 Å². The largest absolute Gasteiger partial charge is 0.433 e. The van der Waals surface area contributed by atoms with Crippen LogP contribution in [0.15, 0.2) is 12.3 Å². The molecule has 0 bridgehead atoms. The van der Waals surface area contributed by atoms with Gasteiger partial charge in [0.05, 0.1) is 5.69 Å². The van der Waals surface area contributed by atoms with Gasteiger partial charge in [-0.05, 0) is 13.8 Å². The molecule has 10 heteroatoms. The van der Waals surface area contributed by atoms with Crippen molar-refractivity contribution in [3.63, 3.8) is 0 Å². The normalized spacial score (nSPS) is 16.1. The summed E-state index contributed by atoms with van der Waals surface area (Å²) in [5, 5.41) is 8.17. The van der Waals surface area contributed by atoms with Crippen LogP contribution in [0, 0.1) is 6.92 Å². The van der Waals surface area contributed by atoms with Crippen molar-refractivity contribution < 1.29 is 18.0 Å². The van der Waals surface area contributed by atoms with Crippen LogP contribution in [0.5, 0.6) is 0 Å². The minimum Gasteiger partial charge on any atom is -0.335 e. The fourth-order valence-corrected chi connectivity index (χ4v) is 3.23. The number of aromatic nitrogens is 4. The average molecular weight is 384 g/mol. The summed E-state index contributed by atoms with van der Waals surface area (Å²) in [7, 11) is 1.19. The van der Waals surface area contributed by atoms with E-state index in [-0.39, 0.29) is 5.69 Å². The third-order valence-corrected chi connectivity index (χ3v) is 4.81. The number of halogens is 3. The second-order valence-corrected chi connectivity index (χ2v) is 6.70. The number of hydrogen-bond donors (Lipinski definition) is 0. The number of hydrogen-bond acceptors (Lipinski definition) is 4. The molecule has 0 saturated carbocycles. The third kappa shape index (κ3) is 4.15. The van der Waals surface area contributed by atoms with Crippen molar-refractivity contribution in [3.8, 4) is 0 Å². The van der Waals surface area contributed by atoms with Crippen LogP contribution in [0.2, 0.25) is 0 Å². The lowest BCUT2D eigenvalue weighted by atomic mass is 10.2. The summed E-state index contributed by atoms with van der Waals surface area (Å²) in [6.07, 6.45) is -2.50. The Morgan fingerprint density at radius 1 is 1.19 bits per heavy atom. The number of piperazine rings is 1. The Hall–Kier alpha value is -2.36. The molecule has 1 saturated heterocycles. The summed E-state index contributed by atoms with van der Waals surface area (Å²) in [6.45, 7) is 7.78. The molecule has 0 spiro atoms. The van der Waals surface area contributed by atoms with E-state index in [1.165, 1.54) is 7.05 Å². The fraction of sp³-hybridized carbons (Fsp3) is 0.588. The molecule has 0 atom stereocenters. The van der Waals surface area contributed by atoms with Crippen molar-refractivity contribution in [2.75, 3.05) is 26.2 Å². The van der Waals surface area contributed by atoms with Crippen LogP contribution in [-0.4, -0.2) is 61.4 Å². The molecule has 0 N–H and O–H groups in total. The first-order chi connectivity index (χ1) is 12.7. The maximum absolute atomic E-state index is 12.9. The van der Waals surface area contributed by atoms with Crippen molar-refractivity contribution in [2.45, 2.75) is 33.1 Å². The molecule has 1 aliphatic rings. The van der Waals surface area contributed by atoms with E-state index < -0.39 is 17.8 Å². The van der Waals surface area contributed by atoms with Crippen molar-refractivity contribution >= 4 is 5.91 Å². The Bertz CT molecular complexity index is 817. The first-order valence-corrected chi connectivity index (χ1v) is 8.84. The first-order valence-electron chi connectivity index (χ1n) is 8.84. The molecule has 1 fully saturated rings. The molecular formula is C17H23F3N6O. The zero-order chi connectivity index (χ0) is 19.8. The Morgan fingerprint density at radius 2 is 1.85 bits per heavy atom. The van der Waals surface area contributed by atoms with Crippen molar-refractivity contribution in [1.82, 2.24) is 29.4 Å². The monoisotopic (exact) mass is 384 g/mol. The molecule has 0 radical (unpaired) electrons. The number of aryl methyl sites for hydroxylation is 3. The molecule has 148 valence electrons. The van der Waals surface area contributed by atoms with Gasteiger partial charge in [-0.2, -0.15) is 23.4 Å². The summed E-state index contributed by atoms with van der Waals surface area (Å²) in [5.74, 6) is -0.462. The van der Waals surface area contributed by atoms with Crippen LogP contribution < -0.4 is 0 Å².